The number of rotatable bonds is 10. The standard InChI is InChI=1S/C32H42N4O5Si/c1-7-28(41-42(32(3,4)5,24-14-10-8-11-15-24)25-16-12-9-13-17-25)23(21-37)19-35(6)30(38)29-26-20-36(31(39)40)22(2)18-27(26)33-34-29/h7-17,22-23,28,37H,1,18-21H2,2-6H3,(H,33,34)(H,39,40)/t22-,23?,28?/m1/s1. The first-order chi connectivity index (χ1) is 19.9. The lowest BCUT2D eigenvalue weighted by atomic mass is 9.99. The van der Waals surface area contributed by atoms with Crippen LogP contribution < -0.4 is 10.4 Å². The number of carbonyl (C=O) groups excluding carboxylic acids is 1. The predicted octanol–water partition coefficient (Wildman–Crippen LogP) is 3.65. The third-order valence-corrected chi connectivity index (χ3v) is 13.3. The van der Waals surface area contributed by atoms with Crippen LogP contribution in [-0.2, 0) is 17.4 Å². The van der Waals surface area contributed by atoms with Crippen LogP contribution in [0.2, 0.25) is 5.04 Å². The van der Waals surface area contributed by atoms with Crippen molar-refractivity contribution in [2.75, 3.05) is 20.2 Å². The summed E-state index contributed by atoms with van der Waals surface area (Å²) in [5, 5.41) is 29.3. The van der Waals surface area contributed by atoms with Crippen molar-refractivity contribution in [3.8, 4) is 0 Å². The van der Waals surface area contributed by atoms with Gasteiger partial charge in [-0.2, -0.15) is 5.10 Å². The predicted molar refractivity (Wildman–Crippen MR) is 166 cm³/mol. The monoisotopic (exact) mass is 590 g/mol. The molecule has 2 amide bonds. The van der Waals surface area contributed by atoms with E-state index in [1.165, 1.54) is 9.80 Å². The molecule has 10 heteroatoms. The number of H-pyrrole nitrogens is 1. The summed E-state index contributed by atoms with van der Waals surface area (Å²) in [5.41, 5.74) is 1.57. The van der Waals surface area contributed by atoms with Gasteiger partial charge in [-0.3, -0.25) is 9.89 Å². The van der Waals surface area contributed by atoms with E-state index in [1.807, 2.05) is 43.3 Å². The first-order valence-electron chi connectivity index (χ1n) is 14.3. The fraction of sp³-hybridized carbons (Fsp3) is 0.406. The average Bonchev–Trinajstić information content (AvgIpc) is 3.38. The van der Waals surface area contributed by atoms with E-state index in [0.717, 1.165) is 10.4 Å². The number of aromatic amines is 1. The fourth-order valence-electron chi connectivity index (χ4n) is 6.01. The smallest absolute Gasteiger partial charge is 0.407 e. The van der Waals surface area contributed by atoms with Crippen molar-refractivity contribution in [3.63, 3.8) is 0 Å². The summed E-state index contributed by atoms with van der Waals surface area (Å²) in [4.78, 5) is 28.2. The Kier molecular flexibility index (Phi) is 9.39. The summed E-state index contributed by atoms with van der Waals surface area (Å²) >= 11 is 0. The van der Waals surface area contributed by atoms with E-state index >= 15 is 0 Å². The first-order valence-corrected chi connectivity index (χ1v) is 16.2. The molecule has 4 rings (SSSR count). The van der Waals surface area contributed by atoms with Crippen molar-refractivity contribution >= 4 is 30.7 Å². The van der Waals surface area contributed by atoms with Crippen LogP contribution in [0, 0.1) is 5.92 Å². The van der Waals surface area contributed by atoms with Crippen LogP contribution in [0.4, 0.5) is 4.79 Å². The minimum absolute atomic E-state index is 0.0902. The molecule has 2 aromatic carbocycles. The van der Waals surface area contributed by atoms with E-state index in [4.69, 9.17) is 4.43 Å². The maximum atomic E-state index is 13.6. The number of aliphatic hydroxyl groups excluding tert-OH is 1. The molecule has 0 saturated heterocycles. The molecule has 224 valence electrons. The molecule has 2 unspecified atom stereocenters. The van der Waals surface area contributed by atoms with Gasteiger partial charge in [0.1, 0.15) is 5.69 Å². The van der Waals surface area contributed by atoms with Gasteiger partial charge >= 0.3 is 6.09 Å². The zero-order valence-electron chi connectivity index (χ0n) is 25.1. The molecule has 2 heterocycles. The van der Waals surface area contributed by atoms with Crippen LogP contribution in [0.15, 0.2) is 73.3 Å². The van der Waals surface area contributed by atoms with E-state index in [0.29, 0.717) is 17.7 Å². The molecule has 1 aromatic heterocycles. The SMILES string of the molecule is C=CC(O[Si](c1ccccc1)(c1ccccc1)C(C)(C)C)C(CO)CN(C)C(=O)c1[nH]nc2c1CN(C(=O)O)[C@H](C)C2. The molecule has 0 spiro atoms. The van der Waals surface area contributed by atoms with Crippen LogP contribution in [0.3, 0.4) is 0 Å². The van der Waals surface area contributed by atoms with E-state index in [2.05, 4.69) is 61.8 Å². The Morgan fingerprint density at radius 2 is 1.74 bits per heavy atom. The van der Waals surface area contributed by atoms with Crippen molar-refractivity contribution in [1.82, 2.24) is 20.0 Å². The number of carboxylic acid groups (broad SMARTS) is 1. The molecule has 3 atom stereocenters. The number of nitrogens with zero attached hydrogens (tertiary/aromatic N) is 3. The normalized spacial score (nSPS) is 16.8. The Morgan fingerprint density at radius 3 is 2.21 bits per heavy atom. The lowest BCUT2D eigenvalue weighted by molar-refractivity contribution is 0.0614. The molecule has 1 aliphatic rings. The highest BCUT2D eigenvalue weighted by Gasteiger charge is 2.52. The number of hydrogen-bond acceptors (Lipinski definition) is 5. The van der Waals surface area contributed by atoms with Gasteiger partial charge in [-0.15, -0.1) is 6.58 Å². The molecule has 1 aliphatic heterocycles. The molecule has 9 nitrogen and oxygen atoms in total. The van der Waals surface area contributed by atoms with Crippen molar-refractivity contribution in [3.05, 3.63) is 90.3 Å². The van der Waals surface area contributed by atoms with Gasteiger partial charge in [0.2, 0.25) is 0 Å². The van der Waals surface area contributed by atoms with Gasteiger partial charge in [0.05, 0.1) is 24.9 Å². The van der Waals surface area contributed by atoms with Gasteiger partial charge in [-0.25, -0.2) is 4.79 Å². The molecule has 0 fully saturated rings. The minimum Gasteiger partial charge on any atom is -0.465 e. The number of benzene rings is 2. The van der Waals surface area contributed by atoms with Gasteiger partial charge in [-0.05, 0) is 22.3 Å². The first kappa shape index (κ1) is 31.2. The highest BCUT2D eigenvalue weighted by atomic mass is 28.4. The number of nitrogens with one attached hydrogen (secondary N) is 1. The van der Waals surface area contributed by atoms with Crippen molar-refractivity contribution in [1.29, 1.82) is 0 Å². The second kappa shape index (κ2) is 12.6. The number of aromatic nitrogens is 2. The maximum absolute atomic E-state index is 13.6. The average molecular weight is 591 g/mol. The van der Waals surface area contributed by atoms with E-state index < -0.39 is 26.4 Å². The molecule has 3 N–H and O–H groups in total. The van der Waals surface area contributed by atoms with Crippen LogP contribution in [0.25, 0.3) is 0 Å². The summed E-state index contributed by atoms with van der Waals surface area (Å²) in [7, 11) is -1.28. The summed E-state index contributed by atoms with van der Waals surface area (Å²) in [5.74, 6) is -0.789. The second-order valence-corrected chi connectivity index (χ2v) is 16.3. The quantitative estimate of drug-likeness (QED) is 0.245. The van der Waals surface area contributed by atoms with Gasteiger partial charge in [0, 0.05) is 37.5 Å². The van der Waals surface area contributed by atoms with Crippen LogP contribution in [-0.4, -0.2) is 82.9 Å². The van der Waals surface area contributed by atoms with Crippen LogP contribution in [0.5, 0.6) is 0 Å². The fourth-order valence-corrected chi connectivity index (χ4v) is 10.7. The van der Waals surface area contributed by atoms with Gasteiger partial charge in [-0.1, -0.05) is 87.5 Å². The zero-order chi connectivity index (χ0) is 30.7. The second-order valence-electron chi connectivity index (χ2n) is 12.1. The molecular formula is C32H42N4O5Si. The van der Waals surface area contributed by atoms with Gasteiger partial charge < -0.3 is 24.4 Å². The van der Waals surface area contributed by atoms with E-state index in [9.17, 15) is 19.8 Å². The zero-order valence-corrected chi connectivity index (χ0v) is 26.1. The number of aliphatic hydroxyl groups is 1. The minimum atomic E-state index is -2.95. The maximum Gasteiger partial charge on any atom is 0.407 e. The van der Waals surface area contributed by atoms with E-state index in [-0.39, 0.29) is 42.4 Å². The van der Waals surface area contributed by atoms with Crippen molar-refractivity contribution in [2.45, 2.75) is 57.8 Å². The molecule has 0 aliphatic carbocycles. The third kappa shape index (κ3) is 5.92. The Bertz CT molecular complexity index is 1350. The highest BCUT2D eigenvalue weighted by Crippen LogP contribution is 2.38. The third-order valence-electron chi connectivity index (χ3n) is 8.28. The van der Waals surface area contributed by atoms with Gasteiger partial charge in [0.25, 0.3) is 14.2 Å². The van der Waals surface area contributed by atoms with E-state index in [1.54, 1.807) is 13.1 Å². The lowest BCUT2D eigenvalue weighted by Gasteiger charge is -2.46. The Balaban J connectivity index is 1.64. The highest BCUT2D eigenvalue weighted by molar-refractivity contribution is 6.99. The summed E-state index contributed by atoms with van der Waals surface area (Å²) in [6, 6.07) is 20.3. The Hall–Kier alpha value is -3.73. The molecule has 3 aromatic rings. The van der Waals surface area contributed by atoms with Crippen LogP contribution in [0.1, 0.15) is 49.4 Å². The summed E-state index contributed by atoms with van der Waals surface area (Å²) in [6.07, 6.45) is 0.563. The topological polar surface area (TPSA) is 119 Å². The largest absolute Gasteiger partial charge is 0.465 e. The number of hydrogen-bond donors (Lipinski definition) is 3. The van der Waals surface area contributed by atoms with Gasteiger partial charge in [0.15, 0.2) is 0 Å². The Morgan fingerprint density at radius 1 is 1.17 bits per heavy atom. The van der Waals surface area contributed by atoms with Crippen LogP contribution >= 0.6 is 0 Å². The van der Waals surface area contributed by atoms with Crippen molar-refractivity contribution < 1.29 is 24.2 Å². The van der Waals surface area contributed by atoms with Crippen molar-refractivity contribution in [2.24, 2.45) is 5.92 Å². The lowest BCUT2D eigenvalue weighted by Crippen LogP contribution is -2.68. The molecule has 0 saturated carbocycles. The molecule has 0 radical (unpaired) electrons. The molecule has 0 bridgehead atoms. The summed E-state index contributed by atoms with van der Waals surface area (Å²) in [6.45, 7) is 12.5. The Labute approximate surface area is 249 Å². The summed E-state index contributed by atoms with van der Waals surface area (Å²) < 4.78 is 7.22. The number of amides is 2. The number of fused-ring (bicyclic) bond motifs is 1. The molecule has 42 heavy (non-hydrogen) atoms. The number of carbonyl (C=O) groups is 2. The molecular weight excluding hydrogens is 548 g/mol.